The summed E-state index contributed by atoms with van der Waals surface area (Å²) in [5, 5.41) is 0. The molecule has 3 nitrogen and oxygen atoms in total. The fourth-order valence-electron chi connectivity index (χ4n) is 1.07. The smallest absolute Gasteiger partial charge is 0.178 e. The first-order valence-corrected chi connectivity index (χ1v) is 3.41. The summed E-state index contributed by atoms with van der Waals surface area (Å²) >= 11 is 0. The van der Waals surface area contributed by atoms with Gasteiger partial charge in [-0.25, -0.2) is 4.99 Å². The molecular formula is C8H8N2O. The van der Waals surface area contributed by atoms with E-state index in [0.29, 0.717) is 0 Å². The summed E-state index contributed by atoms with van der Waals surface area (Å²) in [6, 6.07) is 7.62. The van der Waals surface area contributed by atoms with Gasteiger partial charge >= 0.3 is 0 Å². The van der Waals surface area contributed by atoms with Crippen molar-refractivity contribution in [3.05, 3.63) is 29.8 Å². The number of para-hydroxylation sites is 1. The van der Waals surface area contributed by atoms with Gasteiger partial charge < -0.3 is 10.5 Å². The minimum Gasteiger partial charge on any atom is -0.446 e. The number of benzene rings is 1. The van der Waals surface area contributed by atoms with Crippen LogP contribution < -0.4 is 10.5 Å². The normalized spacial score (nSPS) is 20.6. The van der Waals surface area contributed by atoms with E-state index < -0.39 is 0 Å². The number of rotatable bonds is 0. The lowest BCUT2D eigenvalue weighted by Gasteiger charge is -2.15. The van der Waals surface area contributed by atoms with Gasteiger partial charge in [0.15, 0.2) is 6.40 Å². The Morgan fingerprint density at radius 2 is 2.18 bits per heavy atom. The molecule has 0 saturated heterocycles. The fraction of sp³-hybridized carbons (Fsp3) is 0.125. The van der Waals surface area contributed by atoms with E-state index in [1.54, 1.807) is 0 Å². The highest BCUT2D eigenvalue weighted by Crippen LogP contribution is 2.26. The third-order valence-electron chi connectivity index (χ3n) is 1.64. The first-order valence-electron chi connectivity index (χ1n) is 3.41. The minimum absolute atomic E-state index is 0.264. The Bertz CT molecular complexity index is 296. The molecule has 11 heavy (non-hydrogen) atoms. The zero-order valence-electron chi connectivity index (χ0n) is 5.90. The van der Waals surface area contributed by atoms with Crippen molar-refractivity contribution in [3.63, 3.8) is 0 Å². The molecular weight excluding hydrogens is 140 g/mol. The Labute approximate surface area is 64.5 Å². The van der Waals surface area contributed by atoms with Crippen LogP contribution in [0, 0.1) is 0 Å². The summed E-state index contributed by atoms with van der Waals surface area (Å²) in [5.74, 6) is 0.801. The third kappa shape index (κ3) is 0.991. The minimum atomic E-state index is -0.264. The number of nitrogens with zero attached hydrogens (tertiary/aromatic N) is 1. The number of ether oxygens (including phenoxy) is 1. The highest BCUT2D eigenvalue weighted by molar-refractivity contribution is 5.57. The summed E-state index contributed by atoms with van der Waals surface area (Å²) in [7, 11) is 0. The van der Waals surface area contributed by atoms with Crippen LogP contribution in [0.1, 0.15) is 11.7 Å². The zero-order chi connectivity index (χ0) is 7.68. The van der Waals surface area contributed by atoms with E-state index in [-0.39, 0.29) is 6.17 Å². The average Bonchev–Trinajstić information content (AvgIpc) is 2.06. The molecule has 1 aliphatic rings. The summed E-state index contributed by atoms with van der Waals surface area (Å²) in [6.45, 7) is 0. The van der Waals surface area contributed by atoms with Crippen molar-refractivity contribution in [2.75, 3.05) is 0 Å². The van der Waals surface area contributed by atoms with E-state index in [0.717, 1.165) is 11.3 Å². The highest BCUT2D eigenvalue weighted by Gasteiger charge is 2.12. The molecule has 1 aromatic rings. The zero-order valence-corrected chi connectivity index (χ0v) is 5.90. The average molecular weight is 148 g/mol. The Hall–Kier alpha value is -1.35. The molecule has 1 heterocycles. The van der Waals surface area contributed by atoms with E-state index in [1.807, 2.05) is 24.3 Å². The number of aliphatic imine (C=N–C) groups is 1. The number of hydrogen-bond donors (Lipinski definition) is 1. The summed E-state index contributed by atoms with van der Waals surface area (Å²) in [4.78, 5) is 3.90. The van der Waals surface area contributed by atoms with Gasteiger partial charge in [-0.2, -0.15) is 0 Å². The quantitative estimate of drug-likeness (QED) is 0.598. The standard InChI is InChI=1S/C8H8N2O/c9-8-6-3-1-2-4-7(6)11-5-10-8/h1-5,8H,9H2. The summed E-state index contributed by atoms with van der Waals surface area (Å²) in [6.07, 6.45) is 1.12. The number of nitrogens with two attached hydrogens (primary N) is 1. The summed E-state index contributed by atoms with van der Waals surface area (Å²) in [5.41, 5.74) is 6.61. The van der Waals surface area contributed by atoms with Crippen LogP contribution in [0.15, 0.2) is 29.3 Å². The van der Waals surface area contributed by atoms with E-state index in [4.69, 9.17) is 10.5 Å². The molecule has 0 aromatic heterocycles. The van der Waals surface area contributed by atoms with Crippen LogP contribution in [0.3, 0.4) is 0 Å². The molecule has 0 amide bonds. The van der Waals surface area contributed by atoms with Gasteiger partial charge in [-0.15, -0.1) is 0 Å². The maximum absolute atomic E-state index is 5.67. The van der Waals surface area contributed by atoms with Gasteiger partial charge in [-0.1, -0.05) is 18.2 Å². The first kappa shape index (κ1) is 6.37. The lowest BCUT2D eigenvalue weighted by atomic mass is 10.1. The second-order valence-electron chi connectivity index (χ2n) is 2.35. The molecule has 1 aliphatic heterocycles. The number of hydrogen-bond acceptors (Lipinski definition) is 3. The molecule has 56 valence electrons. The molecule has 3 heteroatoms. The molecule has 0 radical (unpaired) electrons. The molecule has 1 unspecified atom stereocenters. The van der Waals surface area contributed by atoms with Crippen molar-refractivity contribution in [2.24, 2.45) is 10.7 Å². The van der Waals surface area contributed by atoms with Crippen molar-refractivity contribution in [3.8, 4) is 5.75 Å². The molecule has 0 aliphatic carbocycles. The SMILES string of the molecule is NC1N=COc2ccccc21. The van der Waals surface area contributed by atoms with Crippen LogP contribution in [0.4, 0.5) is 0 Å². The van der Waals surface area contributed by atoms with Crippen LogP contribution >= 0.6 is 0 Å². The molecule has 0 saturated carbocycles. The van der Waals surface area contributed by atoms with Gasteiger partial charge in [0.25, 0.3) is 0 Å². The van der Waals surface area contributed by atoms with Gasteiger partial charge in [0.2, 0.25) is 0 Å². The maximum Gasteiger partial charge on any atom is 0.178 e. The lowest BCUT2D eigenvalue weighted by molar-refractivity contribution is 0.521. The van der Waals surface area contributed by atoms with E-state index in [9.17, 15) is 0 Å². The van der Waals surface area contributed by atoms with Gasteiger partial charge in [0, 0.05) is 5.56 Å². The second-order valence-corrected chi connectivity index (χ2v) is 2.35. The second kappa shape index (κ2) is 2.36. The van der Waals surface area contributed by atoms with Gasteiger partial charge in [-0.05, 0) is 6.07 Å². The Morgan fingerprint density at radius 3 is 3.00 bits per heavy atom. The fourth-order valence-corrected chi connectivity index (χ4v) is 1.07. The van der Waals surface area contributed by atoms with E-state index in [1.165, 1.54) is 6.40 Å². The molecule has 1 atom stereocenters. The van der Waals surface area contributed by atoms with Crippen molar-refractivity contribution in [2.45, 2.75) is 6.17 Å². The monoisotopic (exact) mass is 148 g/mol. The van der Waals surface area contributed by atoms with Crippen LogP contribution in [-0.2, 0) is 0 Å². The first-order chi connectivity index (χ1) is 5.38. The highest BCUT2D eigenvalue weighted by atomic mass is 16.5. The van der Waals surface area contributed by atoms with Crippen molar-refractivity contribution in [1.82, 2.24) is 0 Å². The Morgan fingerprint density at radius 1 is 1.36 bits per heavy atom. The third-order valence-corrected chi connectivity index (χ3v) is 1.64. The van der Waals surface area contributed by atoms with Crippen molar-refractivity contribution in [1.29, 1.82) is 0 Å². The van der Waals surface area contributed by atoms with Crippen LogP contribution in [0.25, 0.3) is 0 Å². The Kier molecular flexibility index (Phi) is 1.36. The van der Waals surface area contributed by atoms with E-state index in [2.05, 4.69) is 4.99 Å². The van der Waals surface area contributed by atoms with Gasteiger partial charge in [-0.3, -0.25) is 0 Å². The molecule has 1 aromatic carbocycles. The van der Waals surface area contributed by atoms with Crippen molar-refractivity contribution < 1.29 is 4.74 Å². The molecule has 0 spiro atoms. The molecule has 0 fully saturated rings. The number of fused-ring (bicyclic) bond motifs is 1. The lowest BCUT2D eigenvalue weighted by Crippen LogP contribution is -2.14. The Balaban J connectivity index is 2.50. The topological polar surface area (TPSA) is 47.6 Å². The van der Waals surface area contributed by atoms with Crippen LogP contribution in [0.2, 0.25) is 0 Å². The van der Waals surface area contributed by atoms with Crippen LogP contribution in [-0.4, -0.2) is 6.40 Å². The molecule has 2 rings (SSSR count). The van der Waals surface area contributed by atoms with Crippen LogP contribution in [0.5, 0.6) is 5.75 Å². The van der Waals surface area contributed by atoms with Gasteiger partial charge in [0.1, 0.15) is 11.9 Å². The summed E-state index contributed by atoms with van der Waals surface area (Å²) < 4.78 is 5.12. The molecule has 2 N–H and O–H groups in total. The molecule has 0 bridgehead atoms. The largest absolute Gasteiger partial charge is 0.446 e. The van der Waals surface area contributed by atoms with E-state index >= 15 is 0 Å². The maximum atomic E-state index is 5.67. The van der Waals surface area contributed by atoms with Crippen molar-refractivity contribution >= 4 is 6.40 Å². The predicted octanol–water partition coefficient (Wildman–Crippen LogP) is 1.06. The van der Waals surface area contributed by atoms with Gasteiger partial charge in [0.05, 0.1) is 0 Å². The predicted molar refractivity (Wildman–Crippen MR) is 42.5 cm³/mol.